The average molecular weight is 478 g/mol. The van der Waals surface area contributed by atoms with Gasteiger partial charge in [-0.25, -0.2) is 9.59 Å². The van der Waals surface area contributed by atoms with Crippen LogP contribution in [0, 0.1) is 6.92 Å². The predicted octanol–water partition coefficient (Wildman–Crippen LogP) is 0.395. The van der Waals surface area contributed by atoms with Crippen molar-refractivity contribution in [1.29, 1.82) is 0 Å². The lowest BCUT2D eigenvalue weighted by Gasteiger charge is -2.40. The van der Waals surface area contributed by atoms with Crippen molar-refractivity contribution in [1.82, 2.24) is 0 Å². The average Bonchev–Trinajstić information content (AvgIpc) is 2.81. The molecule has 2 aromatic carbocycles. The molecular weight excluding hydrogens is 456 g/mol. The van der Waals surface area contributed by atoms with Gasteiger partial charge in [-0.05, 0) is 26.0 Å². The highest BCUT2D eigenvalue weighted by Gasteiger charge is 2.46. The molecule has 2 aliphatic rings. The van der Waals surface area contributed by atoms with Gasteiger partial charge in [-0.3, -0.25) is 0 Å². The molecule has 34 heavy (non-hydrogen) atoms. The number of carbonyl (C=O) groups is 2. The quantitative estimate of drug-likeness (QED) is 0.203. The number of aliphatic hydroxyl groups is 2. The van der Waals surface area contributed by atoms with Crippen LogP contribution in [0.1, 0.15) is 33.2 Å². The number of carbonyl (C=O) groups excluding carboxylic acids is 2. The summed E-state index contributed by atoms with van der Waals surface area (Å²) in [6.45, 7) is 2.16. The van der Waals surface area contributed by atoms with E-state index in [1.165, 1.54) is 13.8 Å². The molecule has 5 atom stereocenters. The summed E-state index contributed by atoms with van der Waals surface area (Å²) in [5, 5.41) is 72.3. The largest absolute Gasteiger partial charge is 0.508 e. The Balaban J connectivity index is 2.02. The number of esters is 2. The maximum atomic E-state index is 13.2. The first-order valence-corrected chi connectivity index (χ1v) is 10.2. The number of benzene rings is 2. The van der Waals surface area contributed by atoms with Crippen LogP contribution in [0.4, 0.5) is 0 Å². The van der Waals surface area contributed by atoms with Crippen LogP contribution in [-0.4, -0.2) is 84.8 Å². The Morgan fingerprint density at radius 1 is 0.824 bits per heavy atom. The Hall–Kier alpha value is -3.74. The van der Waals surface area contributed by atoms with Crippen molar-refractivity contribution < 1.29 is 59.5 Å². The maximum absolute atomic E-state index is 13.2. The van der Waals surface area contributed by atoms with E-state index in [9.17, 15) is 45.3 Å². The Morgan fingerprint density at radius 2 is 1.41 bits per heavy atom. The molecule has 5 unspecified atom stereocenters. The van der Waals surface area contributed by atoms with Crippen LogP contribution < -0.4 is 0 Å². The molecule has 2 heterocycles. The smallest absolute Gasteiger partial charge is 0.339 e. The molecule has 0 aromatic heterocycles. The summed E-state index contributed by atoms with van der Waals surface area (Å²) in [5.41, 5.74) is -2.33. The summed E-state index contributed by atoms with van der Waals surface area (Å²) in [5.74, 6) is -6.66. The van der Waals surface area contributed by atoms with Gasteiger partial charge in [-0.2, -0.15) is 0 Å². The van der Waals surface area contributed by atoms with Gasteiger partial charge < -0.3 is 50.0 Å². The standard InChI is InChI=1S/C22H22O12/c1-6-10(23)3-9-13(15(6)25)14-8(4-11(24)17(27)18(14)28)21(30)32-5-12-20(34-22(9)31)19(29)16(26)7(2)33-12/h3-4,7,12,16,19-20,23-29H,5H2,1-2H3. The molecule has 0 radical (unpaired) electrons. The molecule has 0 aliphatic carbocycles. The van der Waals surface area contributed by atoms with E-state index in [0.29, 0.717) is 0 Å². The van der Waals surface area contributed by atoms with Gasteiger partial charge in [0.05, 0.1) is 17.2 Å². The van der Waals surface area contributed by atoms with Gasteiger partial charge in [0.25, 0.3) is 0 Å². The van der Waals surface area contributed by atoms with E-state index < -0.39 is 100 Å². The van der Waals surface area contributed by atoms with Gasteiger partial charge in [-0.15, -0.1) is 0 Å². The number of fused-ring (bicyclic) bond motifs is 4. The number of ether oxygens (including phenoxy) is 3. The van der Waals surface area contributed by atoms with Crippen LogP contribution >= 0.6 is 0 Å². The molecule has 0 spiro atoms. The summed E-state index contributed by atoms with van der Waals surface area (Å²) in [4.78, 5) is 26.1. The van der Waals surface area contributed by atoms with Gasteiger partial charge in [0.15, 0.2) is 17.6 Å². The topological polar surface area (TPSA) is 203 Å². The van der Waals surface area contributed by atoms with E-state index in [-0.39, 0.29) is 5.56 Å². The summed E-state index contributed by atoms with van der Waals surface area (Å²) < 4.78 is 16.1. The zero-order valence-corrected chi connectivity index (χ0v) is 17.9. The lowest BCUT2D eigenvalue weighted by atomic mass is 9.90. The number of cyclic esters (lactones) is 1. The van der Waals surface area contributed by atoms with Crippen LogP contribution in [0.2, 0.25) is 0 Å². The van der Waals surface area contributed by atoms with Gasteiger partial charge in [0, 0.05) is 16.7 Å². The SMILES string of the molecule is Cc1c(O)cc2c(c1O)-c1c(cc(O)c(O)c1O)C(=O)OCC1OC(C)C(O)C(O)C1OC2=O. The highest BCUT2D eigenvalue weighted by atomic mass is 16.6. The van der Waals surface area contributed by atoms with Gasteiger partial charge in [-0.1, -0.05) is 0 Å². The van der Waals surface area contributed by atoms with E-state index in [4.69, 9.17) is 14.2 Å². The number of phenolic OH excluding ortho intramolecular Hbond substituents is 5. The minimum Gasteiger partial charge on any atom is -0.508 e. The Morgan fingerprint density at radius 3 is 2.09 bits per heavy atom. The molecule has 1 fully saturated rings. The highest BCUT2D eigenvalue weighted by molar-refractivity contribution is 6.08. The number of hydrogen-bond acceptors (Lipinski definition) is 12. The third-order valence-electron chi connectivity index (χ3n) is 6.02. The Labute approximate surface area is 191 Å². The number of rotatable bonds is 0. The molecule has 0 amide bonds. The van der Waals surface area contributed by atoms with Crippen molar-refractivity contribution in [3.63, 3.8) is 0 Å². The Kier molecular flexibility index (Phi) is 5.67. The Bertz CT molecular complexity index is 1190. The zero-order valence-electron chi connectivity index (χ0n) is 17.9. The molecule has 0 bridgehead atoms. The number of phenols is 5. The molecule has 4 rings (SSSR count). The number of hydrogen-bond donors (Lipinski definition) is 7. The van der Waals surface area contributed by atoms with Crippen LogP contribution in [0.3, 0.4) is 0 Å². The second kappa shape index (κ2) is 8.24. The summed E-state index contributed by atoms with van der Waals surface area (Å²) >= 11 is 0. The van der Waals surface area contributed by atoms with Crippen LogP contribution in [0.15, 0.2) is 12.1 Å². The maximum Gasteiger partial charge on any atom is 0.339 e. The summed E-state index contributed by atoms with van der Waals surface area (Å²) in [6.07, 6.45) is -6.76. The van der Waals surface area contributed by atoms with Crippen molar-refractivity contribution in [2.45, 2.75) is 44.4 Å². The molecule has 0 saturated carbocycles. The van der Waals surface area contributed by atoms with Crippen LogP contribution in [-0.2, 0) is 14.2 Å². The molecule has 1 saturated heterocycles. The van der Waals surface area contributed by atoms with Crippen molar-refractivity contribution >= 4 is 11.9 Å². The highest BCUT2D eigenvalue weighted by Crippen LogP contribution is 2.50. The molecule has 2 aliphatic heterocycles. The van der Waals surface area contributed by atoms with E-state index >= 15 is 0 Å². The fraction of sp³-hybridized carbons (Fsp3) is 0.364. The molecule has 182 valence electrons. The number of aromatic hydroxyl groups is 5. The van der Waals surface area contributed by atoms with E-state index in [0.717, 1.165) is 12.1 Å². The van der Waals surface area contributed by atoms with E-state index in [1.54, 1.807) is 0 Å². The van der Waals surface area contributed by atoms with Gasteiger partial charge >= 0.3 is 11.9 Å². The minimum atomic E-state index is -1.64. The summed E-state index contributed by atoms with van der Waals surface area (Å²) in [7, 11) is 0. The molecule has 7 N–H and O–H groups in total. The molecule has 12 heteroatoms. The first-order chi connectivity index (χ1) is 15.9. The predicted molar refractivity (Wildman–Crippen MR) is 111 cm³/mol. The molecule has 2 aromatic rings. The summed E-state index contributed by atoms with van der Waals surface area (Å²) in [6, 6.07) is 1.66. The minimum absolute atomic E-state index is 0.143. The van der Waals surface area contributed by atoms with Gasteiger partial charge in [0.1, 0.15) is 36.4 Å². The number of aliphatic hydroxyl groups excluding tert-OH is 2. The van der Waals surface area contributed by atoms with Crippen molar-refractivity contribution in [3.05, 3.63) is 28.8 Å². The molecule has 12 nitrogen and oxygen atoms in total. The fourth-order valence-electron chi connectivity index (χ4n) is 4.05. The van der Waals surface area contributed by atoms with Crippen LogP contribution in [0.25, 0.3) is 11.1 Å². The monoisotopic (exact) mass is 478 g/mol. The second-order valence-corrected chi connectivity index (χ2v) is 8.14. The van der Waals surface area contributed by atoms with E-state index in [1.807, 2.05) is 0 Å². The second-order valence-electron chi connectivity index (χ2n) is 8.14. The lowest BCUT2D eigenvalue weighted by Crippen LogP contribution is -2.59. The van der Waals surface area contributed by atoms with Crippen molar-refractivity contribution in [2.75, 3.05) is 6.61 Å². The first kappa shape index (κ1) is 23.4. The van der Waals surface area contributed by atoms with E-state index in [2.05, 4.69) is 0 Å². The zero-order chi connectivity index (χ0) is 25.1. The van der Waals surface area contributed by atoms with Crippen LogP contribution in [0.5, 0.6) is 28.7 Å². The normalized spacial score (nSPS) is 26.9. The third-order valence-corrected chi connectivity index (χ3v) is 6.02. The van der Waals surface area contributed by atoms with Gasteiger partial charge in [0.2, 0.25) is 5.75 Å². The van der Waals surface area contributed by atoms with Crippen molar-refractivity contribution in [3.8, 4) is 39.9 Å². The lowest BCUT2D eigenvalue weighted by molar-refractivity contribution is -0.224. The third kappa shape index (κ3) is 3.52. The van der Waals surface area contributed by atoms with Crippen molar-refractivity contribution in [2.24, 2.45) is 0 Å². The first-order valence-electron chi connectivity index (χ1n) is 10.2. The fourth-order valence-corrected chi connectivity index (χ4v) is 4.05. The molecular formula is C22H22O12.